The normalized spacial score (nSPS) is 16.8. The van der Waals surface area contributed by atoms with Crippen molar-refractivity contribution in [2.45, 2.75) is 32.7 Å². The second-order valence-corrected chi connectivity index (χ2v) is 6.67. The highest BCUT2D eigenvalue weighted by molar-refractivity contribution is 5.90. The first kappa shape index (κ1) is 15.3. The summed E-state index contributed by atoms with van der Waals surface area (Å²) in [7, 11) is 1.92. The van der Waals surface area contributed by atoms with E-state index in [9.17, 15) is 0 Å². The lowest BCUT2D eigenvalue weighted by Crippen LogP contribution is -2.23. The number of aromatic nitrogens is 4. The number of likely N-dealkylation sites (tertiary alicyclic amines) is 1. The molecule has 4 rings (SSSR count). The summed E-state index contributed by atoms with van der Waals surface area (Å²) in [4.78, 5) is 11.7. The third-order valence-electron chi connectivity index (χ3n) is 5.06. The summed E-state index contributed by atoms with van der Waals surface area (Å²) in [5.74, 6) is 0.774. The van der Waals surface area contributed by atoms with Gasteiger partial charge in [0.2, 0.25) is 0 Å². The molecule has 0 amide bonds. The second kappa shape index (κ2) is 5.98. The lowest BCUT2D eigenvalue weighted by molar-refractivity contribution is 0.263. The Kier molecular flexibility index (Phi) is 3.81. The summed E-state index contributed by atoms with van der Waals surface area (Å²) in [6, 6.07) is 9.30. The largest absolute Gasteiger partial charge is 0.297 e. The van der Waals surface area contributed by atoms with Gasteiger partial charge in [0.1, 0.15) is 5.82 Å². The van der Waals surface area contributed by atoms with Gasteiger partial charge >= 0.3 is 0 Å². The van der Waals surface area contributed by atoms with Crippen LogP contribution in [-0.4, -0.2) is 37.7 Å². The van der Waals surface area contributed by atoms with Gasteiger partial charge in [-0.3, -0.25) is 9.58 Å². The van der Waals surface area contributed by atoms with E-state index in [4.69, 9.17) is 0 Å². The van der Waals surface area contributed by atoms with E-state index in [1.54, 1.807) is 4.68 Å². The molecule has 0 bridgehead atoms. The Morgan fingerprint density at radius 1 is 1.04 bits per heavy atom. The molecule has 1 atom stereocenters. The van der Waals surface area contributed by atoms with Gasteiger partial charge in [-0.25, -0.2) is 9.97 Å². The Hall–Kier alpha value is -2.27. The molecule has 1 aromatic carbocycles. The SMILES string of the molecule is Cc1nc(-c2ccc(C(C)N3CCCC3)cc2)c2cnn(C)c2n1. The Labute approximate surface area is 142 Å². The molecule has 1 aliphatic rings. The number of hydrogen-bond acceptors (Lipinski definition) is 4. The van der Waals surface area contributed by atoms with E-state index < -0.39 is 0 Å². The van der Waals surface area contributed by atoms with Crippen LogP contribution in [0.25, 0.3) is 22.3 Å². The Morgan fingerprint density at radius 2 is 1.75 bits per heavy atom. The maximum atomic E-state index is 4.66. The highest BCUT2D eigenvalue weighted by atomic mass is 15.3. The standard InChI is InChI=1S/C19H23N5/c1-13(24-10-4-5-11-24)15-6-8-16(9-7-15)18-17-12-20-23(3)19(17)22-14(2)21-18/h6-9,12-13H,4-5,10-11H2,1-3H3. The zero-order valence-corrected chi connectivity index (χ0v) is 14.5. The van der Waals surface area contributed by atoms with Crippen LogP contribution in [0.1, 0.15) is 37.2 Å². The fourth-order valence-electron chi connectivity index (χ4n) is 3.61. The molecular weight excluding hydrogens is 298 g/mol. The first-order valence-corrected chi connectivity index (χ1v) is 8.64. The number of benzene rings is 1. The van der Waals surface area contributed by atoms with Crippen LogP contribution in [0.4, 0.5) is 0 Å². The first-order valence-electron chi connectivity index (χ1n) is 8.64. The van der Waals surface area contributed by atoms with Crippen molar-refractivity contribution in [2.24, 2.45) is 7.05 Å². The van der Waals surface area contributed by atoms with Gasteiger partial charge < -0.3 is 0 Å². The Bertz CT molecular complexity index is 859. The smallest absolute Gasteiger partial charge is 0.161 e. The second-order valence-electron chi connectivity index (χ2n) is 6.67. The van der Waals surface area contributed by atoms with E-state index in [-0.39, 0.29) is 0 Å². The van der Waals surface area contributed by atoms with E-state index >= 15 is 0 Å². The van der Waals surface area contributed by atoms with Gasteiger partial charge in [-0.15, -0.1) is 0 Å². The summed E-state index contributed by atoms with van der Waals surface area (Å²) in [6.07, 6.45) is 4.49. The maximum absolute atomic E-state index is 4.66. The topological polar surface area (TPSA) is 46.8 Å². The quantitative estimate of drug-likeness (QED) is 0.741. The van der Waals surface area contributed by atoms with E-state index in [0.29, 0.717) is 6.04 Å². The van der Waals surface area contributed by atoms with Gasteiger partial charge in [-0.1, -0.05) is 24.3 Å². The number of nitrogens with zero attached hydrogens (tertiary/aromatic N) is 5. The zero-order chi connectivity index (χ0) is 16.7. The average Bonchev–Trinajstić information content (AvgIpc) is 3.25. The van der Waals surface area contributed by atoms with Crippen LogP contribution in [-0.2, 0) is 7.05 Å². The van der Waals surface area contributed by atoms with Gasteiger partial charge in [-0.05, 0) is 45.3 Å². The molecule has 0 spiro atoms. The molecule has 0 radical (unpaired) electrons. The van der Waals surface area contributed by atoms with E-state index in [0.717, 1.165) is 28.1 Å². The number of fused-ring (bicyclic) bond motifs is 1. The third kappa shape index (κ3) is 2.59. The van der Waals surface area contributed by atoms with Crippen molar-refractivity contribution < 1.29 is 0 Å². The fourth-order valence-corrected chi connectivity index (χ4v) is 3.61. The van der Waals surface area contributed by atoms with Crippen molar-refractivity contribution in [1.82, 2.24) is 24.6 Å². The molecule has 24 heavy (non-hydrogen) atoms. The van der Waals surface area contributed by atoms with Gasteiger partial charge in [0.25, 0.3) is 0 Å². The minimum atomic E-state index is 0.479. The van der Waals surface area contributed by atoms with E-state index in [1.165, 1.54) is 31.5 Å². The van der Waals surface area contributed by atoms with Crippen molar-refractivity contribution in [3.8, 4) is 11.3 Å². The first-order chi connectivity index (χ1) is 11.6. The molecule has 5 nitrogen and oxygen atoms in total. The minimum Gasteiger partial charge on any atom is -0.297 e. The number of rotatable bonds is 3. The minimum absolute atomic E-state index is 0.479. The molecule has 1 unspecified atom stereocenters. The molecule has 1 saturated heterocycles. The Balaban J connectivity index is 1.70. The van der Waals surface area contributed by atoms with Crippen molar-refractivity contribution in [3.05, 3.63) is 41.9 Å². The molecule has 0 saturated carbocycles. The highest BCUT2D eigenvalue weighted by Gasteiger charge is 2.19. The molecular formula is C19H23N5. The number of hydrogen-bond donors (Lipinski definition) is 0. The predicted octanol–water partition coefficient (Wildman–Crippen LogP) is 3.50. The van der Waals surface area contributed by atoms with Crippen molar-refractivity contribution in [3.63, 3.8) is 0 Å². The molecule has 1 fully saturated rings. The molecule has 5 heteroatoms. The molecule has 124 valence electrons. The van der Waals surface area contributed by atoms with Crippen LogP contribution in [0.15, 0.2) is 30.5 Å². The molecule has 0 aliphatic carbocycles. The molecule has 3 heterocycles. The molecule has 0 N–H and O–H groups in total. The van der Waals surface area contributed by atoms with Gasteiger partial charge in [0, 0.05) is 18.7 Å². The number of aryl methyl sites for hydroxylation is 2. The van der Waals surface area contributed by atoms with E-state index in [2.05, 4.69) is 51.2 Å². The summed E-state index contributed by atoms with van der Waals surface area (Å²) in [5.41, 5.74) is 4.34. The molecule has 1 aliphatic heterocycles. The fraction of sp³-hybridized carbons (Fsp3) is 0.421. The Morgan fingerprint density at radius 3 is 2.46 bits per heavy atom. The van der Waals surface area contributed by atoms with Crippen LogP contribution < -0.4 is 0 Å². The predicted molar refractivity (Wildman–Crippen MR) is 95.7 cm³/mol. The molecule has 3 aromatic rings. The zero-order valence-electron chi connectivity index (χ0n) is 14.5. The molecule has 2 aromatic heterocycles. The average molecular weight is 321 g/mol. The van der Waals surface area contributed by atoms with Crippen LogP contribution >= 0.6 is 0 Å². The summed E-state index contributed by atoms with van der Waals surface area (Å²) >= 11 is 0. The van der Waals surface area contributed by atoms with E-state index in [1.807, 2.05) is 20.2 Å². The van der Waals surface area contributed by atoms with Crippen molar-refractivity contribution >= 4 is 11.0 Å². The summed E-state index contributed by atoms with van der Waals surface area (Å²) in [5, 5.41) is 5.33. The van der Waals surface area contributed by atoms with Gasteiger partial charge in [-0.2, -0.15) is 5.10 Å². The van der Waals surface area contributed by atoms with Gasteiger partial charge in [0.15, 0.2) is 5.65 Å². The summed E-state index contributed by atoms with van der Waals surface area (Å²) < 4.78 is 1.80. The maximum Gasteiger partial charge on any atom is 0.161 e. The third-order valence-corrected chi connectivity index (χ3v) is 5.06. The monoisotopic (exact) mass is 321 g/mol. The van der Waals surface area contributed by atoms with Crippen molar-refractivity contribution in [2.75, 3.05) is 13.1 Å². The van der Waals surface area contributed by atoms with Crippen LogP contribution in [0.3, 0.4) is 0 Å². The van der Waals surface area contributed by atoms with Crippen molar-refractivity contribution in [1.29, 1.82) is 0 Å². The van der Waals surface area contributed by atoms with Gasteiger partial charge in [0.05, 0.1) is 17.3 Å². The summed E-state index contributed by atoms with van der Waals surface area (Å²) in [6.45, 7) is 6.66. The van der Waals surface area contributed by atoms with Crippen LogP contribution in [0, 0.1) is 6.92 Å². The lowest BCUT2D eigenvalue weighted by Gasteiger charge is -2.24. The van der Waals surface area contributed by atoms with Crippen LogP contribution in [0.2, 0.25) is 0 Å². The van der Waals surface area contributed by atoms with Crippen LogP contribution in [0.5, 0.6) is 0 Å². The highest BCUT2D eigenvalue weighted by Crippen LogP contribution is 2.29. The lowest BCUT2D eigenvalue weighted by atomic mass is 10.0.